The van der Waals surface area contributed by atoms with E-state index < -0.39 is 0 Å². The lowest BCUT2D eigenvalue weighted by atomic mass is 10.1. The average molecular weight is 248 g/mol. The first kappa shape index (κ1) is 11.9. The van der Waals surface area contributed by atoms with Gasteiger partial charge in [0.2, 0.25) is 5.88 Å². The fourth-order valence-electron chi connectivity index (χ4n) is 2.65. The molecule has 5 heteroatoms. The Hall–Kier alpha value is -1.20. The molecule has 2 aliphatic rings. The van der Waals surface area contributed by atoms with Crippen LogP contribution in [-0.2, 0) is 13.0 Å². The van der Waals surface area contributed by atoms with Crippen LogP contribution in [0.1, 0.15) is 24.1 Å². The van der Waals surface area contributed by atoms with Gasteiger partial charge in [0.15, 0.2) is 0 Å². The minimum absolute atomic E-state index is 0.726. The van der Waals surface area contributed by atoms with E-state index in [9.17, 15) is 0 Å². The first-order valence-corrected chi connectivity index (χ1v) is 6.82. The molecule has 5 nitrogen and oxygen atoms in total. The highest BCUT2D eigenvalue weighted by atomic mass is 16.5. The van der Waals surface area contributed by atoms with Crippen LogP contribution in [0.2, 0.25) is 0 Å². The third-order valence-corrected chi connectivity index (χ3v) is 3.68. The summed E-state index contributed by atoms with van der Waals surface area (Å²) in [5, 5.41) is 3.34. The zero-order valence-electron chi connectivity index (χ0n) is 10.7. The third-order valence-electron chi connectivity index (χ3n) is 3.68. The second-order valence-corrected chi connectivity index (χ2v) is 4.93. The van der Waals surface area contributed by atoms with Gasteiger partial charge in [0.1, 0.15) is 12.9 Å². The van der Waals surface area contributed by atoms with Crippen molar-refractivity contribution in [1.29, 1.82) is 0 Å². The van der Waals surface area contributed by atoms with Gasteiger partial charge < -0.3 is 10.1 Å². The highest BCUT2D eigenvalue weighted by Crippen LogP contribution is 2.20. The second kappa shape index (κ2) is 5.63. The van der Waals surface area contributed by atoms with Gasteiger partial charge in [0.25, 0.3) is 0 Å². The van der Waals surface area contributed by atoms with Gasteiger partial charge >= 0.3 is 0 Å². The molecule has 0 bridgehead atoms. The number of rotatable bonds is 4. The molecule has 1 aromatic rings. The Kier molecular flexibility index (Phi) is 3.71. The largest absolute Gasteiger partial charge is 0.476 e. The fourth-order valence-corrected chi connectivity index (χ4v) is 2.65. The summed E-state index contributed by atoms with van der Waals surface area (Å²) in [5.74, 6) is 0.770. The number of hydrogen-bond acceptors (Lipinski definition) is 5. The normalized spacial score (nSPS) is 19.8. The van der Waals surface area contributed by atoms with E-state index in [4.69, 9.17) is 4.74 Å². The molecule has 2 aliphatic heterocycles. The Bertz CT molecular complexity index is 404. The van der Waals surface area contributed by atoms with Crippen LogP contribution in [0.15, 0.2) is 6.33 Å². The number of fused-ring (bicyclic) bond motifs is 1. The summed E-state index contributed by atoms with van der Waals surface area (Å²) in [6, 6.07) is 0. The zero-order chi connectivity index (χ0) is 12.2. The Morgan fingerprint density at radius 1 is 1.28 bits per heavy atom. The van der Waals surface area contributed by atoms with Crippen molar-refractivity contribution in [3.63, 3.8) is 0 Å². The van der Waals surface area contributed by atoms with E-state index in [-0.39, 0.29) is 0 Å². The monoisotopic (exact) mass is 248 g/mol. The van der Waals surface area contributed by atoms with Crippen molar-refractivity contribution in [1.82, 2.24) is 20.2 Å². The molecule has 0 radical (unpaired) electrons. The van der Waals surface area contributed by atoms with Gasteiger partial charge in [-0.3, -0.25) is 4.90 Å². The summed E-state index contributed by atoms with van der Waals surface area (Å²) >= 11 is 0. The molecule has 0 aromatic carbocycles. The highest BCUT2D eigenvalue weighted by Gasteiger charge is 2.16. The zero-order valence-corrected chi connectivity index (χ0v) is 10.7. The van der Waals surface area contributed by atoms with E-state index in [1.54, 1.807) is 6.33 Å². The summed E-state index contributed by atoms with van der Waals surface area (Å²) in [5.41, 5.74) is 2.28. The lowest BCUT2D eigenvalue weighted by molar-refractivity contribution is 0.229. The Labute approximate surface area is 108 Å². The van der Waals surface area contributed by atoms with Crippen molar-refractivity contribution in [2.24, 2.45) is 0 Å². The van der Waals surface area contributed by atoms with Crippen LogP contribution in [0, 0.1) is 0 Å². The maximum atomic E-state index is 5.83. The predicted molar refractivity (Wildman–Crippen MR) is 68.6 cm³/mol. The predicted octanol–water partition coefficient (Wildman–Crippen LogP) is 0.597. The lowest BCUT2D eigenvalue weighted by Gasteiger charge is -2.19. The Balaban J connectivity index is 1.58. The molecular weight excluding hydrogens is 228 g/mol. The van der Waals surface area contributed by atoms with Crippen molar-refractivity contribution in [3.05, 3.63) is 17.6 Å². The molecule has 0 saturated carbocycles. The molecule has 0 amide bonds. The van der Waals surface area contributed by atoms with Crippen molar-refractivity contribution < 1.29 is 4.74 Å². The number of likely N-dealkylation sites (tertiary alicyclic amines) is 1. The topological polar surface area (TPSA) is 50.3 Å². The fraction of sp³-hybridized carbons (Fsp3) is 0.692. The maximum absolute atomic E-state index is 5.83. The number of nitrogens with one attached hydrogen (secondary N) is 1. The summed E-state index contributed by atoms with van der Waals surface area (Å²) < 4.78 is 5.83. The van der Waals surface area contributed by atoms with E-state index in [0.29, 0.717) is 0 Å². The van der Waals surface area contributed by atoms with E-state index in [2.05, 4.69) is 20.2 Å². The SMILES string of the molecule is c1nc2c(c(OCCN3CCCC3)n1)CNCC2. The van der Waals surface area contributed by atoms with Gasteiger partial charge in [-0.05, 0) is 25.9 Å². The second-order valence-electron chi connectivity index (χ2n) is 4.93. The molecule has 3 heterocycles. The van der Waals surface area contributed by atoms with Gasteiger partial charge in [-0.1, -0.05) is 0 Å². The molecule has 0 aliphatic carbocycles. The Morgan fingerprint density at radius 2 is 2.17 bits per heavy atom. The van der Waals surface area contributed by atoms with E-state index >= 15 is 0 Å². The average Bonchev–Trinajstić information content (AvgIpc) is 2.92. The van der Waals surface area contributed by atoms with Crippen LogP contribution in [0.5, 0.6) is 5.88 Å². The molecule has 0 spiro atoms. The van der Waals surface area contributed by atoms with Crippen LogP contribution in [0.25, 0.3) is 0 Å². The molecule has 1 saturated heterocycles. The molecule has 0 unspecified atom stereocenters. The standard InChI is InChI=1S/C13H20N4O/c1-2-6-17(5-1)7-8-18-13-11-9-14-4-3-12(11)15-10-16-13/h10,14H,1-9H2. The third kappa shape index (κ3) is 2.62. The highest BCUT2D eigenvalue weighted by molar-refractivity contribution is 5.31. The first-order valence-electron chi connectivity index (χ1n) is 6.82. The van der Waals surface area contributed by atoms with Crippen LogP contribution < -0.4 is 10.1 Å². The van der Waals surface area contributed by atoms with Crippen molar-refractivity contribution in [2.45, 2.75) is 25.8 Å². The van der Waals surface area contributed by atoms with Gasteiger partial charge in [-0.25, -0.2) is 9.97 Å². The number of hydrogen-bond donors (Lipinski definition) is 1. The summed E-state index contributed by atoms with van der Waals surface area (Å²) in [4.78, 5) is 11.0. The molecule has 1 fully saturated rings. The van der Waals surface area contributed by atoms with Crippen molar-refractivity contribution >= 4 is 0 Å². The van der Waals surface area contributed by atoms with E-state index in [1.807, 2.05) is 0 Å². The maximum Gasteiger partial charge on any atom is 0.221 e. The van der Waals surface area contributed by atoms with Gasteiger partial charge in [-0.15, -0.1) is 0 Å². The minimum Gasteiger partial charge on any atom is -0.476 e. The first-order chi connectivity index (χ1) is 8.93. The minimum atomic E-state index is 0.726. The molecule has 1 aromatic heterocycles. The van der Waals surface area contributed by atoms with Crippen molar-refractivity contribution in [3.8, 4) is 5.88 Å². The number of nitrogens with zero attached hydrogens (tertiary/aromatic N) is 3. The summed E-state index contributed by atoms with van der Waals surface area (Å²) in [6.45, 7) is 5.99. The number of ether oxygens (including phenoxy) is 1. The van der Waals surface area contributed by atoms with Crippen LogP contribution in [0.3, 0.4) is 0 Å². The van der Waals surface area contributed by atoms with E-state index in [1.165, 1.54) is 25.9 Å². The molecular formula is C13H20N4O. The Morgan fingerprint density at radius 3 is 3.06 bits per heavy atom. The smallest absolute Gasteiger partial charge is 0.221 e. The summed E-state index contributed by atoms with van der Waals surface area (Å²) in [6.07, 6.45) is 5.25. The quantitative estimate of drug-likeness (QED) is 0.845. The molecule has 98 valence electrons. The molecule has 1 N–H and O–H groups in total. The molecule has 0 atom stereocenters. The number of aromatic nitrogens is 2. The van der Waals surface area contributed by atoms with Crippen LogP contribution in [-0.4, -0.2) is 47.7 Å². The van der Waals surface area contributed by atoms with Gasteiger partial charge in [0, 0.05) is 31.6 Å². The van der Waals surface area contributed by atoms with E-state index in [0.717, 1.165) is 49.8 Å². The van der Waals surface area contributed by atoms with Crippen molar-refractivity contribution in [2.75, 3.05) is 32.8 Å². The summed E-state index contributed by atoms with van der Waals surface area (Å²) in [7, 11) is 0. The van der Waals surface area contributed by atoms with Crippen LogP contribution in [0.4, 0.5) is 0 Å². The molecule has 3 rings (SSSR count). The van der Waals surface area contributed by atoms with Crippen LogP contribution >= 0.6 is 0 Å². The van der Waals surface area contributed by atoms with Gasteiger partial charge in [0.05, 0.1) is 5.69 Å². The van der Waals surface area contributed by atoms with Gasteiger partial charge in [-0.2, -0.15) is 0 Å². The molecule has 18 heavy (non-hydrogen) atoms. The lowest BCUT2D eigenvalue weighted by Crippen LogP contribution is -2.28.